The highest BCUT2D eigenvalue weighted by atomic mass is 35.5. The molecule has 0 fully saturated rings. The number of rotatable bonds is 5. The minimum absolute atomic E-state index is 0.0324. The van der Waals surface area contributed by atoms with Crippen molar-refractivity contribution >= 4 is 40.1 Å². The van der Waals surface area contributed by atoms with E-state index >= 15 is 0 Å². The fraction of sp³-hybridized carbons (Fsp3) is 0.211. The lowest BCUT2D eigenvalue weighted by Gasteiger charge is -2.15. The Bertz CT molecular complexity index is 968. The molecule has 7 heteroatoms. The van der Waals surface area contributed by atoms with Gasteiger partial charge in [0.1, 0.15) is 6.54 Å². The molecule has 0 unspecified atom stereocenters. The number of nitrogens with one attached hydrogen (secondary N) is 1. The summed E-state index contributed by atoms with van der Waals surface area (Å²) in [5, 5.41) is 3.82. The fourth-order valence-electron chi connectivity index (χ4n) is 2.69. The summed E-state index contributed by atoms with van der Waals surface area (Å²) in [4.78, 5) is 28.4. The summed E-state index contributed by atoms with van der Waals surface area (Å²) >= 11 is 5.91. The summed E-state index contributed by atoms with van der Waals surface area (Å²) in [6.07, 6.45) is 0.562. The van der Waals surface area contributed by atoms with E-state index in [0.29, 0.717) is 5.69 Å². The minimum atomic E-state index is -0.957. The first-order valence-corrected chi connectivity index (χ1v) is 8.49. The van der Waals surface area contributed by atoms with Crippen molar-refractivity contribution < 1.29 is 14.3 Å². The number of amides is 1. The zero-order chi connectivity index (χ0) is 18.7. The average Bonchev–Trinajstić information content (AvgIpc) is 2.92. The van der Waals surface area contributed by atoms with Gasteiger partial charge >= 0.3 is 5.97 Å². The number of esters is 1. The second-order valence-electron chi connectivity index (χ2n) is 5.89. The van der Waals surface area contributed by atoms with Gasteiger partial charge in [-0.3, -0.25) is 9.59 Å². The van der Waals surface area contributed by atoms with Crippen LogP contribution in [0.4, 0.5) is 5.69 Å². The van der Waals surface area contributed by atoms with Crippen LogP contribution in [-0.4, -0.2) is 27.5 Å². The van der Waals surface area contributed by atoms with E-state index in [4.69, 9.17) is 16.3 Å². The number of hydrogen-bond acceptors (Lipinski definition) is 4. The molecule has 0 aliphatic carbocycles. The largest absolute Gasteiger partial charge is 0.451 e. The number of benzene rings is 1. The third-order valence-electron chi connectivity index (χ3n) is 4.00. The van der Waals surface area contributed by atoms with Crippen molar-refractivity contribution in [1.82, 2.24) is 9.55 Å². The predicted molar refractivity (Wildman–Crippen MR) is 100 cm³/mol. The van der Waals surface area contributed by atoms with Crippen molar-refractivity contribution in [3.63, 3.8) is 0 Å². The lowest BCUT2D eigenvalue weighted by atomic mass is 10.2. The van der Waals surface area contributed by atoms with Crippen LogP contribution in [0.15, 0.2) is 48.7 Å². The van der Waals surface area contributed by atoms with Crippen molar-refractivity contribution in [3.8, 4) is 0 Å². The Kier molecular flexibility index (Phi) is 5.23. The summed E-state index contributed by atoms with van der Waals surface area (Å²) in [5.74, 6) is -0.961. The first-order valence-electron chi connectivity index (χ1n) is 8.11. The fourth-order valence-corrected chi connectivity index (χ4v) is 2.86. The topological polar surface area (TPSA) is 73.2 Å². The van der Waals surface area contributed by atoms with Crippen LogP contribution in [-0.2, 0) is 20.9 Å². The van der Waals surface area contributed by atoms with Crippen LogP contribution in [0.2, 0.25) is 5.15 Å². The Hall–Kier alpha value is -2.86. The lowest BCUT2D eigenvalue weighted by molar-refractivity contribution is -0.153. The molecule has 3 aromatic rings. The van der Waals surface area contributed by atoms with Gasteiger partial charge in [0, 0.05) is 17.4 Å². The number of aryl methyl sites for hydroxylation is 1. The van der Waals surface area contributed by atoms with E-state index in [1.165, 1.54) is 13.1 Å². The monoisotopic (exact) mass is 371 g/mol. The van der Waals surface area contributed by atoms with Gasteiger partial charge < -0.3 is 14.6 Å². The number of hydrogen-bond donors (Lipinski definition) is 1. The van der Waals surface area contributed by atoms with Gasteiger partial charge in [-0.25, -0.2) is 4.98 Å². The smallest absolute Gasteiger partial charge is 0.326 e. The third kappa shape index (κ3) is 3.86. The maximum atomic E-state index is 12.3. The molecule has 0 radical (unpaired) electrons. The Balaban J connectivity index is 1.64. The minimum Gasteiger partial charge on any atom is -0.451 e. The average molecular weight is 372 g/mol. The summed E-state index contributed by atoms with van der Waals surface area (Å²) in [6, 6.07) is 13.1. The van der Waals surface area contributed by atoms with Crippen molar-refractivity contribution in [2.75, 3.05) is 5.32 Å². The molecule has 1 amide bonds. The van der Waals surface area contributed by atoms with Crippen LogP contribution in [0, 0.1) is 6.92 Å². The number of pyridine rings is 1. The number of nitrogens with zero attached hydrogens (tertiary/aromatic N) is 2. The van der Waals surface area contributed by atoms with Gasteiger partial charge in [-0.15, -0.1) is 0 Å². The SMILES string of the molecule is Cc1cc2ccccc2n1CC(=O)O[C@H](C)C(=O)Nc1cccnc1Cl. The van der Waals surface area contributed by atoms with E-state index in [1.54, 1.807) is 12.1 Å². The molecule has 0 spiro atoms. The number of para-hydroxylation sites is 1. The Labute approximate surface area is 155 Å². The van der Waals surface area contributed by atoms with E-state index in [2.05, 4.69) is 10.3 Å². The molecule has 6 nitrogen and oxygen atoms in total. The predicted octanol–water partition coefficient (Wildman–Crippen LogP) is 3.57. The molecule has 2 heterocycles. The van der Waals surface area contributed by atoms with Gasteiger partial charge in [-0.2, -0.15) is 0 Å². The van der Waals surface area contributed by atoms with Crippen molar-refractivity contribution in [2.24, 2.45) is 0 Å². The Morgan fingerprint density at radius 3 is 2.81 bits per heavy atom. The number of anilines is 1. The van der Waals surface area contributed by atoms with E-state index in [9.17, 15) is 9.59 Å². The lowest BCUT2D eigenvalue weighted by Crippen LogP contribution is -2.31. The highest BCUT2D eigenvalue weighted by Crippen LogP contribution is 2.20. The second-order valence-corrected chi connectivity index (χ2v) is 6.25. The van der Waals surface area contributed by atoms with Crippen LogP contribution in [0.3, 0.4) is 0 Å². The molecule has 2 aromatic heterocycles. The zero-order valence-corrected chi connectivity index (χ0v) is 15.2. The Morgan fingerprint density at radius 2 is 2.04 bits per heavy atom. The van der Waals surface area contributed by atoms with E-state index in [1.807, 2.05) is 41.8 Å². The standard InChI is InChI=1S/C19H18ClN3O3/c1-12-10-14-6-3-4-8-16(14)23(12)11-17(24)26-13(2)19(25)22-15-7-5-9-21-18(15)20/h3-10,13H,11H2,1-2H3,(H,22,25)/t13-/m1/s1. The van der Waals surface area contributed by atoms with E-state index in [0.717, 1.165) is 16.6 Å². The summed E-state index contributed by atoms with van der Waals surface area (Å²) in [7, 11) is 0. The van der Waals surface area contributed by atoms with Gasteiger partial charge in [0.25, 0.3) is 5.91 Å². The molecule has 0 bridgehead atoms. The molecule has 0 saturated carbocycles. The first kappa shape index (κ1) is 17.9. The van der Waals surface area contributed by atoms with Crippen LogP contribution in [0.5, 0.6) is 0 Å². The van der Waals surface area contributed by atoms with E-state index < -0.39 is 18.0 Å². The number of halogens is 1. The molecule has 0 aliphatic rings. The third-order valence-corrected chi connectivity index (χ3v) is 4.30. The van der Waals surface area contributed by atoms with Crippen molar-refractivity contribution in [2.45, 2.75) is 26.5 Å². The summed E-state index contributed by atoms with van der Waals surface area (Å²) < 4.78 is 7.13. The molecule has 134 valence electrons. The van der Waals surface area contributed by atoms with Gasteiger partial charge in [-0.05, 0) is 43.5 Å². The molecule has 0 aliphatic heterocycles. The zero-order valence-electron chi connectivity index (χ0n) is 14.4. The maximum absolute atomic E-state index is 12.3. The van der Waals surface area contributed by atoms with Gasteiger partial charge in [-0.1, -0.05) is 29.8 Å². The molecule has 1 aromatic carbocycles. The van der Waals surface area contributed by atoms with Crippen LogP contribution in [0.25, 0.3) is 10.9 Å². The number of carbonyl (C=O) groups is 2. The van der Waals surface area contributed by atoms with Crippen molar-refractivity contribution in [1.29, 1.82) is 0 Å². The van der Waals surface area contributed by atoms with Crippen molar-refractivity contribution in [3.05, 3.63) is 59.5 Å². The van der Waals surface area contributed by atoms with Gasteiger partial charge in [0.2, 0.25) is 0 Å². The maximum Gasteiger partial charge on any atom is 0.326 e. The van der Waals surface area contributed by atoms with Crippen LogP contribution in [0.1, 0.15) is 12.6 Å². The highest BCUT2D eigenvalue weighted by Gasteiger charge is 2.20. The molecule has 1 N–H and O–H groups in total. The van der Waals surface area contributed by atoms with Gasteiger partial charge in [0.15, 0.2) is 11.3 Å². The van der Waals surface area contributed by atoms with Crippen LogP contribution >= 0.6 is 11.6 Å². The normalized spacial score (nSPS) is 12.0. The molecular formula is C19H18ClN3O3. The molecule has 0 saturated heterocycles. The molecule has 3 rings (SSSR count). The summed E-state index contributed by atoms with van der Waals surface area (Å²) in [6.45, 7) is 3.47. The molecule has 26 heavy (non-hydrogen) atoms. The summed E-state index contributed by atoms with van der Waals surface area (Å²) in [5.41, 5.74) is 2.26. The highest BCUT2D eigenvalue weighted by molar-refractivity contribution is 6.32. The van der Waals surface area contributed by atoms with Crippen LogP contribution < -0.4 is 5.32 Å². The first-order chi connectivity index (χ1) is 12.5. The van der Waals surface area contributed by atoms with E-state index in [-0.39, 0.29) is 11.7 Å². The molecule has 1 atom stereocenters. The second kappa shape index (κ2) is 7.58. The number of fused-ring (bicyclic) bond motifs is 1. The molecular weight excluding hydrogens is 354 g/mol. The quantitative estimate of drug-likeness (QED) is 0.549. The van der Waals surface area contributed by atoms with Gasteiger partial charge in [0.05, 0.1) is 5.69 Å². The Morgan fingerprint density at radius 1 is 1.27 bits per heavy atom. The number of carbonyl (C=O) groups excluding carboxylic acids is 2. The number of ether oxygens (including phenoxy) is 1. The number of aromatic nitrogens is 2.